The molecule has 0 aromatic heterocycles. The number of carbonyl (C=O) groups excluding carboxylic acids is 1. The van der Waals surface area contributed by atoms with E-state index in [1.54, 1.807) is 0 Å². The molecule has 0 heterocycles. The van der Waals surface area contributed by atoms with Gasteiger partial charge in [-0.1, -0.05) is 0 Å². The molecule has 1 rings (SSSR count). The number of carbonyl (C=O) groups is 1. The molecule has 0 aliphatic rings. The molecule has 0 atom stereocenters. The number of hydrogen-bond donors (Lipinski definition) is 0. The lowest BCUT2D eigenvalue weighted by atomic mass is 10.2. The first kappa shape index (κ1) is 11.8. The highest BCUT2D eigenvalue weighted by Crippen LogP contribution is 2.24. The molecule has 0 saturated heterocycles. The summed E-state index contributed by atoms with van der Waals surface area (Å²) in [6.07, 6.45) is 0.272. The van der Waals surface area contributed by atoms with Crippen LogP contribution in [0, 0.1) is 11.6 Å². The van der Waals surface area contributed by atoms with Gasteiger partial charge < -0.3 is 4.43 Å². The summed E-state index contributed by atoms with van der Waals surface area (Å²) in [7, 11) is -1.93. The lowest BCUT2D eigenvalue weighted by molar-refractivity contribution is 0.111. The summed E-state index contributed by atoms with van der Waals surface area (Å²) in [4.78, 5) is 10.6. The lowest BCUT2D eigenvalue weighted by Crippen LogP contribution is -2.30. The third-order valence-electron chi connectivity index (χ3n) is 1.63. The zero-order valence-corrected chi connectivity index (χ0v) is 9.80. The Labute approximate surface area is 88.0 Å². The van der Waals surface area contributed by atoms with Gasteiger partial charge >= 0.3 is 0 Å². The van der Waals surface area contributed by atoms with Crippen LogP contribution in [0.25, 0.3) is 0 Å². The maximum atomic E-state index is 13.2. The van der Waals surface area contributed by atoms with Crippen LogP contribution in [0.15, 0.2) is 12.1 Å². The topological polar surface area (TPSA) is 26.3 Å². The quantitative estimate of drug-likeness (QED) is 0.589. The fourth-order valence-electron chi connectivity index (χ4n) is 1.08. The minimum Gasteiger partial charge on any atom is -0.544 e. The van der Waals surface area contributed by atoms with Gasteiger partial charge in [0.05, 0.1) is 5.56 Å². The van der Waals surface area contributed by atoms with Crippen molar-refractivity contribution in [2.45, 2.75) is 19.6 Å². The second-order valence-corrected chi connectivity index (χ2v) is 8.53. The van der Waals surface area contributed by atoms with Crippen LogP contribution in [-0.2, 0) is 0 Å². The van der Waals surface area contributed by atoms with Crippen molar-refractivity contribution in [1.29, 1.82) is 0 Å². The summed E-state index contributed by atoms with van der Waals surface area (Å²) in [6, 6.07) is 2.23. The van der Waals surface area contributed by atoms with Crippen LogP contribution >= 0.6 is 0 Å². The van der Waals surface area contributed by atoms with Crippen molar-refractivity contribution < 1.29 is 18.0 Å². The fourth-order valence-corrected chi connectivity index (χ4v) is 1.92. The van der Waals surface area contributed by atoms with E-state index in [-0.39, 0.29) is 17.6 Å². The van der Waals surface area contributed by atoms with Crippen LogP contribution in [0.4, 0.5) is 8.78 Å². The molecule has 0 fully saturated rings. The van der Waals surface area contributed by atoms with E-state index in [1.165, 1.54) is 6.07 Å². The largest absolute Gasteiger partial charge is 0.544 e. The van der Waals surface area contributed by atoms with Crippen molar-refractivity contribution in [3.63, 3.8) is 0 Å². The Balaban J connectivity index is 3.19. The van der Waals surface area contributed by atoms with Crippen molar-refractivity contribution in [1.82, 2.24) is 0 Å². The van der Waals surface area contributed by atoms with Crippen molar-refractivity contribution >= 4 is 14.6 Å². The van der Waals surface area contributed by atoms with Crippen molar-refractivity contribution in [2.24, 2.45) is 0 Å². The van der Waals surface area contributed by atoms with Gasteiger partial charge in [0.25, 0.3) is 0 Å². The summed E-state index contributed by atoms with van der Waals surface area (Å²) in [5, 5.41) is 0. The lowest BCUT2D eigenvalue weighted by Gasteiger charge is -2.20. The third-order valence-corrected chi connectivity index (χ3v) is 2.46. The Kier molecular flexibility index (Phi) is 3.24. The summed E-state index contributed by atoms with van der Waals surface area (Å²) in [5.41, 5.74) is -0.350. The minimum atomic E-state index is -1.93. The maximum absolute atomic E-state index is 13.2. The molecule has 1 aromatic carbocycles. The first-order valence-electron chi connectivity index (χ1n) is 4.47. The van der Waals surface area contributed by atoms with Gasteiger partial charge in [-0.2, -0.15) is 0 Å². The predicted molar refractivity (Wildman–Crippen MR) is 55.7 cm³/mol. The highest BCUT2D eigenvalue weighted by Gasteiger charge is 2.21. The van der Waals surface area contributed by atoms with E-state index in [1.807, 2.05) is 19.6 Å². The molecule has 1 aromatic rings. The fraction of sp³-hybridized carbons (Fsp3) is 0.300. The molecule has 5 heteroatoms. The average molecular weight is 230 g/mol. The molecule has 15 heavy (non-hydrogen) atoms. The second kappa shape index (κ2) is 4.10. The van der Waals surface area contributed by atoms with E-state index in [0.717, 1.165) is 6.07 Å². The number of aldehydes is 1. The van der Waals surface area contributed by atoms with Crippen molar-refractivity contribution in [3.8, 4) is 5.75 Å². The van der Waals surface area contributed by atoms with Gasteiger partial charge in [0.15, 0.2) is 17.9 Å². The van der Waals surface area contributed by atoms with Crippen LogP contribution in [0.1, 0.15) is 10.4 Å². The van der Waals surface area contributed by atoms with Crippen LogP contribution in [0.3, 0.4) is 0 Å². The molecule has 0 aliphatic heterocycles. The Hall–Kier alpha value is -1.23. The molecule has 82 valence electrons. The third kappa shape index (κ3) is 2.86. The standard InChI is InChI=1S/C10H12F2O2Si/c1-15(2,3)14-9-5-4-8(11)10(12)7(9)6-13/h4-6H,1-3H3. The van der Waals surface area contributed by atoms with E-state index in [9.17, 15) is 13.6 Å². The number of hydrogen-bond acceptors (Lipinski definition) is 2. The summed E-state index contributed by atoms with van der Waals surface area (Å²) in [6.45, 7) is 5.68. The van der Waals surface area contributed by atoms with Gasteiger partial charge in [0.2, 0.25) is 8.32 Å². The van der Waals surface area contributed by atoms with E-state index in [0.29, 0.717) is 0 Å². The maximum Gasteiger partial charge on any atom is 0.242 e. The molecule has 0 unspecified atom stereocenters. The highest BCUT2D eigenvalue weighted by atomic mass is 28.4. The minimum absolute atomic E-state index is 0.114. The molecule has 0 amide bonds. The Morgan fingerprint density at radius 2 is 1.87 bits per heavy atom. The summed E-state index contributed by atoms with van der Waals surface area (Å²) in [5.74, 6) is -2.08. The van der Waals surface area contributed by atoms with Gasteiger partial charge in [-0.3, -0.25) is 4.79 Å². The number of benzene rings is 1. The average Bonchev–Trinajstić information content (AvgIpc) is 2.10. The van der Waals surface area contributed by atoms with Gasteiger partial charge in [-0.05, 0) is 31.8 Å². The van der Waals surface area contributed by atoms with Gasteiger partial charge in [-0.15, -0.1) is 0 Å². The molecule has 0 radical (unpaired) electrons. The SMILES string of the molecule is C[Si](C)(C)Oc1ccc(F)c(F)c1C=O. The van der Waals surface area contributed by atoms with Crippen LogP contribution in [0.5, 0.6) is 5.75 Å². The Bertz CT molecular complexity index is 386. The predicted octanol–water partition coefficient (Wildman–Crippen LogP) is 2.99. The summed E-state index contributed by atoms with van der Waals surface area (Å²) < 4.78 is 31.4. The van der Waals surface area contributed by atoms with Crippen molar-refractivity contribution in [2.75, 3.05) is 0 Å². The molecule has 2 nitrogen and oxygen atoms in total. The molecular formula is C10H12F2O2Si. The number of halogens is 2. The van der Waals surface area contributed by atoms with E-state index < -0.39 is 20.0 Å². The zero-order valence-electron chi connectivity index (χ0n) is 8.80. The van der Waals surface area contributed by atoms with Gasteiger partial charge in [0, 0.05) is 0 Å². The highest BCUT2D eigenvalue weighted by molar-refractivity contribution is 6.70. The van der Waals surface area contributed by atoms with Crippen LogP contribution < -0.4 is 4.43 Å². The molecular weight excluding hydrogens is 218 g/mol. The molecule has 0 bridgehead atoms. The smallest absolute Gasteiger partial charge is 0.242 e. The first-order chi connectivity index (χ1) is 6.85. The molecule has 0 saturated carbocycles. The van der Waals surface area contributed by atoms with Gasteiger partial charge in [0.1, 0.15) is 5.75 Å². The summed E-state index contributed by atoms with van der Waals surface area (Å²) >= 11 is 0. The monoisotopic (exact) mass is 230 g/mol. The van der Waals surface area contributed by atoms with Crippen molar-refractivity contribution in [3.05, 3.63) is 29.3 Å². The normalized spacial score (nSPS) is 11.3. The van der Waals surface area contributed by atoms with Gasteiger partial charge in [-0.25, -0.2) is 8.78 Å². The van der Waals surface area contributed by atoms with E-state index in [4.69, 9.17) is 4.43 Å². The Morgan fingerprint density at radius 3 is 2.33 bits per heavy atom. The molecule has 0 aliphatic carbocycles. The molecule has 0 N–H and O–H groups in total. The van der Waals surface area contributed by atoms with Crippen LogP contribution in [-0.4, -0.2) is 14.6 Å². The van der Waals surface area contributed by atoms with Crippen LogP contribution in [0.2, 0.25) is 19.6 Å². The Morgan fingerprint density at radius 1 is 1.27 bits per heavy atom. The van der Waals surface area contributed by atoms with E-state index >= 15 is 0 Å². The van der Waals surface area contributed by atoms with E-state index in [2.05, 4.69) is 0 Å². The molecule has 0 spiro atoms. The zero-order chi connectivity index (χ0) is 11.6. The second-order valence-electron chi connectivity index (χ2n) is 4.11. The first-order valence-corrected chi connectivity index (χ1v) is 7.88. The number of rotatable bonds is 3.